The fraction of sp³-hybridized carbons (Fsp3) is 0.706. The molecule has 2 aliphatic carbocycles. The van der Waals surface area contributed by atoms with Crippen LogP contribution in [0.5, 0.6) is 0 Å². The average Bonchev–Trinajstić information content (AvgIpc) is 2.68. The molecule has 0 bridgehead atoms. The molecule has 0 spiro atoms. The second kappa shape index (κ2) is 4.81. The molecule has 1 aromatic rings. The van der Waals surface area contributed by atoms with Crippen LogP contribution in [0.15, 0.2) is 6.07 Å². The maximum atomic E-state index is 12.1. The Balaban J connectivity index is 1.99. The first-order chi connectivity index (χ1) is 9.08. The fourth-order valence-electron chi connectivity index (χ4n) is 4.25. The summed E-state index contributed by atoms with van der Waals surface area (Å²) in [6.45, 7) is 6.93. The van der Waals surface area contributed by atoms with Gasteiger partial charge in [-0.1, -0.05) is 13.8 Å². The van der Waals surface area contributed by atoms with Crippen LogP contribution in [0, 0.1) is 18.8 Å². The van der Waals surface area contributed by atoms with Crippen LogP contribution >= 0.6 is 0 Å². The molecule has 1 saturated carbocycles. The number of hydrogen-bond acceptors (Lipinski definition) is 1. The number of hydrogen-bond donors (Lipinski definition) is 0. The molecule has 1 fully saturated rings. The number of carbonyl (C=O) groups excluding carboxylic acids is 1. The van der Waals surface area contributed by atoms with Crippen molar-refractivity contribution in [2.45, 2.75) is 65.3 Å². The highest BCUT2D eigenvalue weighted by Crippen LogP contribution is 2.40. The van der Waals surface area contributed by atoms with Gasteiger partial charge in [-0.2, -0.15) is 0 Å². The second-order valence-corrected chi connectivity index (χ2v) is 6.76. The molecule has 0 amide bonds. The van der Waals surface area contributed by atoms with Crippen molar-refractivity contribution in [2.75, 3.05) is 0 Å². The minimum Gasteiger partial charge on any atom is -0.345 e. The number of Topliss-reactive ketones (excluding diaryl/α,β-unsaturated/α-hetero) is 1. The molecule has 0 radical (unpaired) electrons. The molecule has 19 heavy (non-hydrogen) atoms. The Morgan fingerprint density at radius 1 is 1.21 bits per heavy atom. The van der Waals surface area contributed by atoms with Crippen LogP contribution in [0.4, 0.5) is 0 Å². The van der Waals surface area contributed by atoms with Crippen LogP contribution < -0.4 is 0 Å². The van der Waals surface area contributed by atoms with Gasteiger partial charge in [-0.15, -0.1) is 0 Å². The lowest BCUT2D eigenvalue weighted by Crippen LogP contribution is -2.27. The van der Waals surface area contributed by atoms with Crippen molar-refractivity contribution in [3.8, 4) is 0 Å². The Morgan fingerprint density at radius 2 is 2.00 bits per heavy atom. The maximum Gasteiger partial charge on any atom is 0.164 e. The molecule has 2 nitrogen and oxygen atoms in total. The van der Waals surface area contributed by atoms with Gasteiger partial charge < -0.3 is 4.57 Å². The summed E-state index contributed by atoms with van der Waals surface area (Å²) in [5.74, 6) is 1.95. The summed E-state index contributed by atoms with van der Waals surface area (Å²) >= 11 is 0. The third-order valence-electron chi connectivity index (χ3n) is 5.17. The Bertz CT molecular complexity index is 500. The van der Waals surface area contributed by atoms with E-state index in [1.54, 1.807) is 0 Å². The SMILES string of the molecule is Cc1cc2c(n1C1CCC(C)CC1C)CCCC2=O. The number of carbonyl (C=O) groups is 1. The van der Waals surface area contributed by atoms with E-state index in [9.17, 15) is 4.79 Å². The molecule has 1 heterocycles. The molecule has 3 unspecified atom stereocenters. The largest absolute Gasteiger partial charge is 0.345 e. The monoisotopic (exact) mass is 259 g/mol. The Hall–Kier alpha value is -1.05. The summed E-state index contributed by atoms with van der Waals surface area (Å²) in [6.07, 6.45) is 6.80. The lowest BCUT2D eigenvalue weighted by Gasteiger charge is -2.36. The first-order valence-electron chi connectivity index (χ1n) is 7.82. The van der Waals surface area contributed by atoms with E-state index >= 15 is 0 Å². The molecule has 0 N–H and O–H groups in total. The number of rotatable bonds is 1. The van der Waals surface area contributed by atoms with Crippen LogP contribution in [0.25, 0.3) is 0 Å². The maximum absolute atomic E-state index is 12.1. The Kier molecular flexibility index (Phi) is 3.28. The highest BCUT2D eigenvalue weighted by atomic mass is 16.1. The predicted octanol–water partition coefficient (Wildman–Crippen LogP) is 4.31. The normalized spacial score (nSPS) is 31.3. The van der Waals surface area contributed by atoms with Crippen molar-refractivity contribution in [3.05, 3.63) is 23.0 Å². The van der Waals surface area contributed by atoms with Crippen LogP contribution in [-0.4, -0.2) is 10.4 Å². The summed E-state index contributed by atoms with van der Waals surface area (Å²) in [5.41, 5.74) is 3.65. The summed E-state index contributed by atoms with van der Waals surface area (Å²) in [4.78, 5) is 12.1. The molecular formula is C17H25NO. The number of nitrogens with zero attached hydrogens (tertiary/aromatic N) is 1. The standard InChI is InChI=1S/C17H25NO/c1-11-7-8-15(12(2)9-11)18-13(3)10-14-16(18)5-4-6-17(14)19/h10-12,15H,4-9H2,1-3H3. The highest BCUT2D eigenvalue weighted by Gasteiger charge is 2.31. The van der Waals surface area contributed by atoms with E-state index in [0.717, 1.165) is 36.7 Å². The van der Waals surface area contributed by atoms with Gasteiger partial charge >= 0.3 is 0 Å². The smallest absolute Gasteiger partial charge is 0.164 e. The van der Waals surface area contributed by atoms with Gasteiger partial charge in [0.05, 0.1) is 0 Å². The third kappa shape index (κ3) is 2.15. The first-order valence-corrected chi connectivity index (χ1v) is 7.82. The van der Waals surface area contributed by atoms with Gasteiger partial charge in [-0.3, -0.25) is 4.79 Å². The van der Waals surface area contributed by atoms with Crippen LogP contribution in [-0.2, 0) is 6.42 Å². The third-order valence-corrected chi connectivity index (χ3v) is 5.17. The van der Waals surface area contributed by atoms with E-state index in [2.05, 4.69) is 31.4 Å². The van der Waals surface area contributed by atoms with E-state index in [-0.39, 0.29) is 0 Å². The van der Waals surface area contributed by atoms with Gasteiger partial charge in [0.25, 0.3) is 0 Å². The molecular weight excluding hydrogens is 234 g/mol. The van der Waals surface area contributed by atoms with Crippen LogP contribution in [0.1, 0.15) is 73.7 Å². The zero-order valence-corrected chi connectivity index (χ0v) is 12.4. The molecule has 3 rings (SSSR count). The average molecular weight is 259 g/mol. The first kappa shape index (κ1) is 13.0. The fourth-order valence-corrected chi connectivity index (χ4v) is 4.25. The summed E-state index contributed by atoms with van der Waals surface area (Å²) in [6, 6.07) is 2.76. The van der Waals surface area contributed by atoms with Crippen molar-refractivity contribution in [1.82, 2.24) is 4.57 Å². The van der Waals surface area contributed by atoms with Gasteiger partial charge in [0.1, 0.15) is 0 Å². The zero-order valence-electron chi connectivity index (χ0n) is 12.4. The molecule has 0 saturated heterocycles. The van der Waals surface area contributed by atoms with Gasteiger partial charge in [0.2, 0.25) is 0 Å². The molecule has 104 valence electrons. The molecule has 0 aliphatic heterocycles. The molecule has 3 atom stereocenters. The minimum absolute atomic E-state index is 0.361. The summed E-state index contributed by atoms with van der Waals surface area (Å²) in [7, 11) is 0. The molecule has 2 aliphatic rings. The number of aromatic nitrogens is 1. The van der Waals surface area contributed by atoms with E-state index in [1.807, 2.05) is 0 Å². The van der Waals surface area contributed by atoms with Crippen LogP contribution in [0.2, 0.25) is 0 Å². The lowest BCUT2D eigenvalue weighted by molar-refractivity contribution is 0.0970. The van der Waals surface area contributed by atoms with Gasteiger partial charge in [0.15, 0.2) is 5.78 Å². The van der Waals surface area contributed by atoms with Crippen molar-refractivity contribution in [2.24, 2.45) is 11.8 Å². The van der Waals surface area contributed by atoms with Gasteiger partial charge in [-0.25, -0.2) is 0 Å². The van der Waals surface area contributed by atoms with Crippen molar-refractivity contribution in [3.63, 3.8) is 0 Å². The Morgan fingerprint density at radius 3 is 2.74 bits per heavy atom. The lowest BCUT2D eigenvalue weighted by atomic mass is 9.79. The van der Waals surface area contributed by atoms with Gasteiger partial charge in [0, 0.05) is 29.4 Å². The van der Waals surface area contributed by atoms with E-state index in [4.69, 9.17) is 0 Å². The number of ketones is 1. The molecule has 2 heteroatoms. The summed E-state index contributed by atoms with van der Waals surface area (Å²) in [5, 5.41) is 0. The van der Waals surface area contributed by atoms with Crippen LogP contribution in [0.3, 0.4) is 0 Å². The van der Waals surface area contributed by atoms with E-state index in [0.29, 0.717) is 11.8 Å². The zero-order chi connectivity index (χ0) is 13.6. The molecule has 1 aromatic heterocycles. The summed E-state index contributed by atoms with van der Waals surface area (Å²) < 4.78 is 2.52. The quantitative estimate of drug-likeness (QED) is 0.736. The number of fused-ring (bicyclic) bond motifs is 1. The van der Waals surface area contributed by atoms with Crippen molar-refractivity contribution >= 4 is 5.78 Å². The van der Waals surface area contributed by atoms with Crippen molar-refractivity contribution in [1.29, 1.82) is 0 Å². The predicted molar refractivity (Wildman–Crippen MR) is 77.7 cm³/mol. The highest BCUT2D eigenvalue weighted by molar-refractivity contribution is 5.98. The van der Waals surface area contributed by atoms with Crippen molar-refractivity contribution < 1.29 is 4.79 Å². The topological polar surface area (TPSA) is 22.0 Å². The Labute approximate surface area is 116 Å². The number of aryl methyl sites for hydroxylation is 1. The second-order valence-electron chi connectivity index (χ2n) is 6.76. The van der Waals surface area contributed by atoms with Gasteiger partial charge in [-0.05, 0) is 56.9 Å². The minimum atomic E-state index is 0.361. The molecule has 0 aromatic carbocycles. The van der Waals surface area contributed by atoms with E-state index in [1.165, 1.54) is 30.7 Å². The van der Waals surface area contributed by atoms with E-state index < -0.39 is 0 Å².